The summed E-state index contributed by atoms with van der Waals surface area (Å²) in [6, 6.07) is 14.6. The fourth-order valence-corrected chi connectivity index (χ4v) is 4.29. The summed E-state index contributed by atoms with van der Waals surface area (Å²) in [5.41, 5.74) is 5.04. The van der Waals surface area contributed by atoms with E-state index in [0.29, 0.717) is 6.61 Å². The molecule has 0 radical (unpaired) electrons. The van der Waals surface area contributed by atoms with Crippen molar-refractivity contribution >= 4 is 11.3 Å². The van der Waals surface area contributed by atoms with Crippen molar-refractivity contribution < 1.29 is 9.47 Å². The molecule has 5 heteroatoms. The van der Waals surface area contributed by atoms with Crippen molar-refractivity contribution in [1.29, 1.82) is 0 Å². The molecular formula is C22H24N2O2S. The molecular weight excluding hydrogens is 356 g/mol. The molecule has 27 heavy (non-hydrogen) atoms. The molecule has 140 valence electrons. The van der Waals surface area contributed by atoms with E-state index in [-0.39, 0.29) is 0 Å². The molecule has 4 rings (SSSR count). The Kier molecular flexibility index (Phi) is 5.41. The van der Waals surface area contributed by atoms with Crippen molar-refractivity contribution in [3.8, 4) is 22.1 Å². The van der Waals surface area contributed by atoms with Crippen LogP contribution in [0.25, 0.3) is 10.6 Å². The number of methoxy groups -OCH3 is 1. The molecule has 0 atom stereocenters. The first-order valence-corrected chi connectivity index (χ1v) is 10.2. The highest BCUT2D eigenvalue weighted by Crippen LogP contribution is 2.29. The Morgan fingerprint density at radius 1 is 1.11 bits per heavy atom. The Bertz CT molecular complexity index is 922. The molecule has 0 aliphatic carbocycles. The van der Waals surface area contributed by atoms with Gasteiger partial charge in [-0.2, -0.15) is 0 Å². The number of rotatable bonds is 6. The van der Waals surface area contributed by atoms with Crippen LogP contribution in [0.2, 0.25) is 0 Å². The molecule has 0 saturated carbocycles. The molecule has 4 nitrogen and oxygen atoms in total. The molecule has 1 aliphatic rings. The van der Waals surface area contributed by atoms with Gasteiger partial charge in [0, 0.05) is 30.6 Å². The lowest BCUT2D eigenvalue weighted by Gasteiger charge is -2.28. The normalized spacial score (nSPS) is 14.0. The molecule has 3 aromatic rings. The average Bonchev–Trinajstić information content (AvgIpc) is 3.16. The summed E-state index contributed by atoms with van der Waals surface area (Å²) in [5, 5.41) is 3.21. The van der Waals surface area contributed by atoms with E-state index in [1.807, 2.05) is 25.1 Å². The first-order valence-electron chi connectivity index (χ1n) is 9.31. The monoisotopic (exact) mass is 380 g/mol. The second kappa shape index (κ2) is 8.11. The molecule has 0 spiro atoms. The summed E-state index contributed by atoms with van der Waals surface area (Å²) >= 11 is 1.69. The number of fused-ring (bicyclic) bond motifs is 1. The fraction of sp³-hybridized carbons (Fsp3) is 0.318. The summed E-state index contributed by atoms with van der Waals surface area (Å²) in [7, 11) is 1.69. The standard InChI is InChI=1S/C22H24N2O2S/c1-3-26-21-8-7-16-9-10-24(13-18(16)12-21)14-19-15-27-22(23-19)17-5-4-6-20(11-17)25-2/h4-8,11-12,15H,3,9-10,13-14H2,1-2H3. The highest BCUT2D eigenvalue weighted by atomic mass is 32.1. The van der Waals surface area contributed by atoms with Crippen LogP contribution in [0.5, 0.6) is 11.5 Å². The van der Waals surface area contributed by atoms with Crippen molar-refractivity contribution in [1.82, 2.24) is 9.88 Å². The Morgan fingerprint density at radius 3 is 2.89 bits per heavy atom. The number of nitrogens with zero attached hydrogens (tertiary/aromatic N) is 2. The van der Waals surface area contributed by atoms with Crippen molar-refractivity contribution in [2.75, 3.05) is 20.3 Å². The number of benzene rings is 2. The van der Waals surface area contributed by atoms with Gasteiger partial charge in [-0.1, -0.05) is 18.2 Å². The zero-order valence-electron chi connectivity index (χ0n) is 15.8. The molecule has 0 N–H and O–H groups in total. The van der Waals surface area contributed by atoms with E-state index in [1.165, 1.54) is 11.1 Å². The van der Waals surface area contributed by atoms with Gasteiger partial charge in [0.25, 0.3) is 0 Å². The molecule has 0 fully saturated rings. The Hall–Kier alpha value is -2.37. The lowest BCUT2D eigenvalue weighted by molar-refractivity contribution is 0.242. The van der Waals surface area contributed by atoms with E-state index in [2.05, 4.69) is 34.5 Å². The van der Waals surface area contributed by atoms with Crippen LogP contribution in [0.1, 0.15) is 23.7 Å². The van der Waals surface area contributed by atoms with Crippen molar-refractivity contribution in [2.24, 2.45) is 0 Å². The van der Waals surface area contributed by atoms with Crippen LogP contribution in [-0.2, 0) is 19.5 Å². The lowest BCUT2D eigenvalue weighted by Crippen LogP contribution is -2.30. The summed E-state index contributed by atoms with van der Waals surface area (Å²) in [5.74, 6) is 1.83. The minimum atomic E-state index is 0.703. The maximum absolute atomic E-state index is 5.66. The molecule has 1 aliphatic heterocycles. The highest BCUT2D eigenvalue weighted by Gasteiger charge is 2.18. The molecule has 0 unspecified atom stereocenters. The van der Waals surface area contributed by atoms with E-state index in [0.717, 1.165) is 53.8 Å². The van der Waals surface area contributed by atoms with E-state index in [4.69, 9.17) is 14.5 Å². The predicted molar refractivity (Wildman–Crippen MR) is 110 cm³/mol. The first kappa shape index (κ1) is 18.0. The second-order valence-electron chi connectivity index (χ2n) is 6.70. The highest BCUT2D eigenvalue weighted by molar-refractivity contribution is 7.13. The number of aromatic nitrogens is 1. The van der Waals surface area contributed by atoms with Gasteiger partial charge in [0.15, 0.2) is 0 Å². The van der Waals surface area contributed by atoms with Gasteiger partial charge in [0.1, 0.15) is 16.5 Å². The molecule has 0 bridgehead atoms. The topological polar surface area (TPSA) is 34.6 Å². The van der Waals surface area contributed by atoms with Crippen LogP contribution < -0.4 is 9.47 Å². The van der Waals surface area contributed by atoms with Gasteiger partial charge in [0.2, 0.25) is 0 Å². The van der Waals surface area contributed by atoms with Gasteiger partial charge in [-0.05, 0) is 48.7 Å². The SMILES string of the molecule is CCOc1ccc2c(c1)CN(Cc1csc(-c3cccc(OC)c3)n1)CC2. The van der Waals surface area contributed by atoms with Gasteiger partial charge in [0.05, 0.1) is 19.4 Å². The van der Waals surface area contributed by atoms with Crippen molar-refractivity contribution in [2.45, 2.75) is 26.4 Å². The molecule has 2 aromatic carbocycles. The summed E-state index contributed by atoms with van der Waals surface area (Å²) < 4.78 is 11.0. The molecule has 0 amide bonds. The maximum Gasteiger partial charge on any atom is 0.123 e. The van der Waals surface area contributed by atoms with Gasteiger partial charge in [-0.15, -0.1) is 11.3 Å². The number of ether oxygens (including phenoxy) is 2. The van der Waals surface area contributed by atoms with Crippen LogP contribution in [0.3, 0.4) is 0 Å². The molecule has 0 saturated heterocycles. The quantitative estimate of drug-likeness (QED) is 0.617. The third kappa shape index (κ3) is 4.15. The van der Waals surface area contributed by atoms with Gasteiger partial charge in [-0.25, -0.2) is 4.98 Å². The lowest BCUT2D eigenvalue weighted by atomic mass is 9.99. The van der Waals surface area contributed by atoms with Crippen LogP contribution in [-0.4, -0.2) is 30.1 Å². The zero-order chi connectivity index (χ0) is 18.6. The van der Waals surface area contributed by atoms with Crippen molar-refractivity contribution in [3.63, 3.8) is 0 Å². The third-order valence-electron chi connectivity index (χ3n) is 4.83. The van der Waals surface area contributed by atoms with Gasteiger partial charge >= 0.3 is 0 Å². The molecule has 2 heterocycles. The summed E-state index contributed by atoms with van der Waals surface area (Å²) in [6.07, 6.45) is 1.08. The largest absolute Gasteiger partial charge is 0.497 e. The van der Waals surface area contributed by atoms with Crippen LogP contribution in [0, 0.1) is 0 Å². The minimum absolute atomic E-state index is 0.703. The Balaban J connectivity index is 1.46. The molecule has 1 aromatic heterocycles. The van der Waals surface area contributed by atoms with Crippen LogP contribution in [0.15, 0.2) is 47.8 Å². The van der Waals surface area contributed by atoms with Gasteiger partial charge in [-0.3, -0.25) is 4.90 Å². The smallest absolute Gasteiger partial charge is 0.123 e. The minimum Gasteiger partial charge on any atom is -0.497 e. The van der Waals surface area contributed by atoms with Crippen LogP contribution in [0.4, 0.5) is 0 Å². The fourth-order valence-electron chi connectivity index (χ4n) is 3.48. The maximum atomic E-state index is 5.66. The van der Waals surface area contributed by atoms with E-state index >= 15 is 0 Å². The van der Waals surface area contributed by atoms with Crippen LogP contribution >= 0.6 is 11.3 Å². The predicted octanol–water partition coefficient (Wildman–Crippen LogP) is 4.78. The average molecular weight is 381 g/mol. The van der Waals surface area contributed by atoms with E-state index in [9.17, 15) is 0 Å². The van der Waals surface area contributed by atoms with Crippen molar-refractivity contribution in [3.05, 3.63) is 64.7 Å². The zero-order valence-corrected chi connectivity index (χ0v) is 16.6. The summed E-state index contributed by atoms with van der Waals surface area (Å²) in [4.78, 5) is 7.31. The van der Waals surface area contributed by atoms with Gasteiger partial charge < -0.3 is 9.47 Å². The number of hydrogen-bond acceptors (Lipinski definition) is 5. The third-order valence-corrected chi connectivity index (χ3v) is 5.77. The Morgan fingerprint density at radius 2 is 2.04 bits per heavy atom. The van der Waals surface area contributed by atoms with E-state index in [1.54, 1.807) is 18.4 Å². The number of thiazole rings is 1. The Labute approximate surface area is 164 Å². The second-order valence-corrected chi connectivity index (χ2v) is 7.56. The van der Waals surface area contributed by atoms with E-state index < -0.39 is 0 Å². The summed E-state index contributed by atoms with van der Waals surface area (Å²) in [6.45, 7) is 5.61. The number of hydrogen-bond donors (Lipinski definition) is 0. The first-order chi connectivity index (χ1) is 13.2.